The van der Waals surface area contributed by atoms with Crippen LogP contribution in [0.3, 0.4) is 0 Å². The fourth-order valence-corrected chi connectivity index (χ4v) is 6.47. The maximum atomic E-state index is 15.5. The van der Waals surface area contributed by atoms with Gasteiger partial charge < -0.3 is 20.1 Å². The molecule has 0 unspecified atom stereocenters. The molecule has 5 heterocycles. The van der Waals surface area contributed by atoms with Crippen molar-refractivity contribution < 1.29 is 27.4 Å². The van der Waals surface area contributed by atoms with Crippen molar-refractivity contribution in [2.75, 3.05) is 38.3 Å². The molecule has 0 aliphatic carbocycles. The molecule has 2 atom stereocenters. The van der Waals surface area contributed by atoms with Crippen LogP contribution in [-0.2, 0) is 13.1 Å². The molecular weight excluding hydrogens is 583 g/mol. The van der Waals surface area contributed by atoms with Crippen molar-refractivity contribution in [2.45, 2.75) is 50.5 Å². The van der Waals surface area contributed by atoms with Crippen LogP contribution in [0.5, 0.6) is 11.8 Å². The fraction of sp³-hybridized carbons (Fsp3) is 0.520. The predicted molar refractivity (Wildman–Crippen MR) is 139 cm³/mol. The minimum absolute atomic E-state index is 0.0523. The first-order valence-corrected chi connectivity index (χ1v) is 13.6. The van der Waals surface area contributed by atoms with E-state index in [-0.39, 0.29) is 47.3 Å². The van der Waals surface area contributed by atoms with Crippen LogP contribution in [0.15, 0.2) is 10.5 Å². The summed E-state index contributed by atoms with van der Waals surface area (Å²) in [5.41, 5.74) is 5.61. The van der Waals surface area contributed by atoms with Crippen molar-refractivity contribution in [1.82, 2.24) is 24.6 Å². The normalized spacial score (nSPS) is 23.1. The molecule has 6 rings (SSSR count). The van der Waals surface area contributed by atoms with Gasteiger partial charge >= 0.3 is 6.01 Å². The molecule has 14 heteroatoms. The van der Waals surface area contributed by atoms with E-state index in [1.54, 1.807) is 10.7 Å². The van der Waals surface area contributed by atoms with Gasteiger partial charge in [0.05, 0.1) is 34.7 Å². The van der Waals surface area contributed by atoms with Crippen molar-refractivity contribution in [3.63, 3.8) is 0 Å². The molecule has 2 saturated heterocycles. The van der Waals surface area contributed by atoms with Gasteiger partial charge in [-0.25, -0.2) is 13.2 Å². The Morgan fingerprint density at radius 2 is 2.05 bits per heavy atom. The third-order valence-corrected chi connectivity index (χ3v) is 8.59. The number of alkyl halides is 1. The molecule has 208 valence electrons. The van der Waals surface area contributed by atoms with Crippen LogP contribution in [0.4, 0.5) is 19.0 Å². The van der Waals surface area contributed by atoms with Crippen LogP contribution < -0.4 is 20.1 Å². The lowest BCUT2D eigenvalue weighted by Crippen LogP contribution is -2.43. The molecule has 2 N–H and O–H groups in total. The Kier molecular flexibility index (Phi) is 6.57. The zero-order valence-corrected chi connectivity index (χ0v) is 22.8. The summed E-state index contributed by atoms with van der Waals surface area (Å²) in [6, 6.07) is 1.49. The quantitative estimate of drug-likeness (QED) is 0.424. The number of nitrogens with two attached hydrogens (primary N) is 1. The average molecular weight is 610 g/mol. The lowest BCUT2D eigenvalue weighted by Gasteiger charge is -2.31. The third-order valence-electron chi connectivity index (χ3n) is 7.89. The first kappa shape index (κ1) is 26.1. The number of anilines is 1. The zero-order chi connectivity index (χ0) is 27.5. The van der Waals surface area contributed by atoms with Gasteiger partial charge in [-0.3, -0.25) is 14.4 Å². The van der Waals surface area contributed by atoms with Gasteiger partial charge in [-0.15, -0.1) is 0 Å². The number of fused-ring (bicyclic) bond motifs is 3. The number of primary amides is 1. The topological polar surface area (TPSA) is 112 Å². The summed E-state index contributed by atoms with van der Waals surface area (Å²) < 4.78 is 57.6. The molecule has 0 bridgehead atoms. The Morgan fingerprint density at radius 1 is 1.23 bits per heavy atom. The van der Waals surface area contributed by atoms with Crippen molar-refractivity contribution >= 4 is 38.6 Å². The first-order valence-electron chi connectivity index (χ1n) is 12.8. The van der Waals surface area contributed by atoms with E-state index in [1.165, 1.54) is 7.11 Å². The summed E-state index contributed by atoms with van der Waals surface area (Å²) >= 11 is 2.97. The number of ether oxygens (including phenoxy) is 2. The second-order valence-corrected chi connectivity index (χ2v) is 11.1. The number of carbonyl (C=O) groups excluding carboxylic acids is 1. The molecule has 1 amide bonds. The van der Waals surface area contributed by atoms with Gasteiger partial charge in [0.2, 0.25) is 0 Å². The lowest BCUT2D eigenvalue weighted by atomic mass is 9.95. The summed E-state index contributed by atoms with van der Waals surface area (Å²) in [6.45, 7) is 2.51. The number of aryl methyl sites for hydroxylation is 1. The molecule has 0 spiro atoms. The highest BCUT2D eigenvalue weighted by atomic mass is 79.9. The van der Waals surface area contributed by atoms with Crippen LogP contribution in [0, 0.1) is 11.6 Å². The Labute approximate surface area is 230 Å². The Bertz CT molecular complexity index is 1470. The summed E-state index contributed by atoms with van der Waals surface area (Å²) in [4.78, 5) is 24.6. The van der Waals surface area contributed by atoms with Crippen molar-refractivity contribution in [3.8, 4) is 11.8 Å². The maximum absolute atomic E-state index is 15.5. The number of benzene rings is 1. The largest absolute Gasteiger partial charge is 0.493 e. The van der Waals surface area contributed by atoms with E-state index in [0.29, 0.717) is 38.2 Å². The number of aromatic nitrogens is 4. The van der Waals surface area contributed by atoms with Gasteiger partial charge in [0, 0.05) is 26.1 Å². The molecule has 3 aliphatic heterocycles. The molecule has 2 fully saturated rings. The minimum atomic E-state index is -0.935. The number of halogens is 4. The predicted octanol–water partition coefficient (Wildman–Crippen LogP) is 3.34. The highest BCUT2D eigenvalue weighted by Crippen LogP contribution is 2.43. The molecule has 1 aromatic carbocycles. The van der Waals surface area contributed by atoms with E-state index in [0.717, 1.165) is 19.4 Å². The van der Waals surface area contributed by atoms with Crippen LogP contribution in [0.2, 0.25) is 0 Å². The van der Waals surface area contributed by atoms with Gasteiger partial charge in [-0.1, -0.05) is 0 Å². The van der Waals surface area contributed by atoms with E-state index in [1.807, 2.05) is 4.90 Å². The SMILES string of the molecule is COc1c(F)c(Br)c(F)c2nc(OC[C@@]34CCCN3C[C@H](F)C4)nc(N3CCCn4nc(C(N)=O)cc4C3)c12. The van der Waals surface area contributed by atoms with Gasteiger partial charge in [-0.05, 0) is 47.8 Å². The summed E-state index contributed by atoms with van der Waals surface area (Å²) in [7, 11) is 1.29. The Hall–Kier alpha value is -3.13. The number of carbonyl (C=O) groups is 1. The van der Waals surface area contributed by atoms with E-state index in [2.05, 4.69) is 35.9 Å². The smallest absolute Gasteiger partial charge is 0.319 e. The van der Waals surface area contributed by atoms with Gasteiger partial charge in [0.25, 0.3) is 5.91 Å². The highest BCUT2D eigenvalue weighted by Gasteiger charge is 2.49. The van der Waals surface area contributed by atoms with Crippen molar-refractivity contribution in [1.29, 1.82) is 0 Å². The number of rotatable bonds is 6. The van der Waals surface area contributed by atoms with E-state index >= 15 is 8.78 Å². The second kappa shape index (κ2) is 9.81. The summed E-state index contributed by atoms with van der Waals surface area (Å²) in [5.74, 6) is -2.49. The number of amides is 1. The molecule has 0 saturated carbocycles. The van der Waals surface area contributed by atoms with Gasteiger partial charge in [-0.2, -0.15) is 15.1 Å². The van der Waals surface area contributed by atoms with Gasteiger partial charge in [0.1, 0.15) is 29.8 Å². The highest BCUT2D eigenvalue weighted by molar-refractivity contribution is 9.10. The third kappa shape index (κ3) is 4.37. The monoisotopic (exact) mass is 609 g/mol. The zero-order valence-electron chi connectivity index (χ0n) is 21.2. The number of hydrogen-bond acceptors (Lipinski definition) is 8. The minimum Gasteiger partial charge on any atom is -0.493 e. The average Bonchev–Trinajstić information content (AvgIpc) is 3.54. The van der Waals surface area contributed by atoms with Crippen molar-refractivity contribution in [2.24, 2.45) is 5.73 Å². The standard InChI is InChI=1S/C25H27BrF3N7O3/c1-38-21-16-20(18(28)17(26)19(21)29)31-24(39-12-25-4-2-6-35(25)10-13(27)9-25)32-23(16)34-5-3-7-36-14(11-34)8-15(33-36)22(30)37/h8,13H,2-7,9-12H2,1H3,(H2,30,37)/t13-,25+/m1/s1. The fourth-order valence-electron chi connectivity index (χ4n) is 6.10. The van der Waals surface area contributed by atoms with E-state index in [9.17, 15) is 9.18 Å². The van der Waals surface area contributed by atoms with E-state index < -0.39 is 33.7 Å². The van der Waals surface area contributed by atoms with Crippen LogP contribution >= 0.6 is 15.9 Å². The molecule has 2 aromatic heterocycles. The lowest BCUT2D eigenvalue weighted by molar-refractivity contribution is 0.0994. The first-order chi connectivity index (χ1) is 18.7. The summed E-state index contributed by atoms with van der Waals surface area (Å²) in [6.07, 6.45) is 1.74. The van der Waals surface area contributed by atoms with Crippen LogP contribution in [0.25, 0.3) is 10.9 Å². The van der Waals surface area contributed by atoms with Gasteiger partial charge in [0.15, 0.2) is 17.4 Å². The Balaban J connectivity index is 1.44. The van der Waals surface area contributed by atoms with Crippen molar-refractivity contribution in [3.05, 3.63) is 33.6 Å². The van der Waals surface area contributed by atoms with Crippen LogP contribution in [-0.4, -0.2) is 75.6 Å². The molecule has 0 radical (unpaired) electrons. The molecule has 39 heavy (non-hydrogen) atoms. The second-order valence-electron chi connectivity index (χ2n) is 10.3. The Morgan fingerprint density at radius 3 is 2.82 bits per heavy atom. The molecular formula is C25H27BrF3N7O3. The van der Waals surface area contributed by atoms with E-state index in [4.69, 9.17) is 15.2 Å². The number of nitrogens with zero attached hydrogens (tertiary/aromatic N) is 6. The maximum Gasteiger partial charge on any atom is 0.319 e. The summed E-state index contributed by atoms with van der Waals surface area (Å²) in [5, 5.41) is 4.33. The molecule has 10 nitrogen and oxygen atoms in total. The molecule has 3 aromatic rings. The number of methoxy groups -OCH3 is 1. The van der Waals surface area contributed by atoms with Crippen LogP contribution in [0.1, 0.15) is 41.9 Å². The molecule has 3 aliphatic rings. The number of hydrogen-bond donors (Lipinski definition) is 1.